The minimum Gasteiger partial charge on any atom is -0.368 e. The number of benzene rings is 2. The van der Waals surface area contributed by atoms with Crippen molar-refractivity contribution >= 4 is 46.8 Å². The van der Waals surface area contributed by atoms with Gasteiger partial charge in [0.1, 0.15) is 24.2 Å². The molecule has 0 bridgehead atoms. The SMILES string of the molecule is CNC(C)C(=O)NC(C(=O)N1CCC[C@H]1C(=O)N[C@@H]1CCCc2ccc(N3CCN(c4ccc5c(c4)[C@H](NC(=O)[C@@H]4CCCN4C(=O)C(NC(=O)C(C)NC)C4CCCCC4)CCC5)CC3)cc21)C1CCCCC1. The summed E-state index contributed by atoms with van der Waals surface area (Å²) >= 11 is 0. The minimum absolute atomic E-state index is 0.0683. The van der Waals surface area contributed by atoms with E-state index in [2.05, 4.69) is 78.1 Å². The third kappa shape index (κ3) is 12.1. The van der Waals surface area contributed by atoms with Gasteiger partial charge in [0.05, 0.1) is 24.2 Å². The molecule has 16 heteroatoms. The zero-order valence-corrected chi connectivity index (χ0v) is 44.9. The second-order valence-corrected chi connectivity index (χ2v) is 22.8. The van der Waals surface area contributed by atoms with Crippen molar-refractivity contribution in [2.45, 2.75) is 191 Å². The molecule has 404 valence electrons. The van der Waals surface area contributed by atoms with Gasteiger partial charge in [0.25, 0.3) is 0 Å². The molecule has 3 heterocycles. The van der Waals surface area contributed by atoms with Gasteiger partial charge in [0.15, 0.2) is 0 Å². The molecule has 3 aliphatic heterocycles. The monoisotopic (exact) mass is 1020 g/mol. The molecule has 74 heavy (non-hydrogen) atoms. The van der Waals surface area contributed by atoms with E-state index in [-0.39, 0.29) is 59.4 Å². The number of likely N-dealkylation sites (tertiary alicyclic amines) is 2. The second-order valence-electron chi connectivity index (χ2n) is 22.8. The van der Waals surface area contributed by atoms with Crippen LogP contribution in [0, 0.1) is 11.8 Å². The molecule has 4 aliphatic carbocycles. The summed E-state index contributed by atoms with van der Waals surface area (Å²) in [6.45, 7) is 7.97. The Labute approximate surface area is 440 Å². The Balaban J connectivity index is 0.822. The Morgan fingerprint density at radius 1 is 0.473 bits per heavy atom. The van der Waals surface area contributed by atoms with Crippen LogP contribution < -0.4 is 41.7 Å². The number of hydrogen-bond donors (Lipinski definition) is 6. The van der Waals surface area contributed by atoms with Crippen LogP contribution in [0.1, 0.15) is 164 Å². The van der Waals surface area contributed by atoms with E-state index in [1.165, 1.54) is 11.1 Å². The van der Waals surface area contributed by atoms with Gasteiger partial charge >= 0.3 is 0 Å². The largest absolute Gasteiger partial charge is 0.368 e. The highest BCUT2D eigenvalue weighted by atomic mass is 16.2. The maximum Gasteiger partial charge on any atom is 0.246 e. The lowest BCUT2D eigenvalue weighted by Crippen LogP contribution is -2.58. The van der Waals surface area contributed by atoms with Crippen molar-refractivity contribution in [2.75, 3.05) is 63.2 Å². The fourth-order valence-electron chi connectivity index (χ4n) is 13.5. The standard InChI is InChI=1S/C58H86N10O6/c1-37(59-3)53(69)63-51(41-15-7-5-8-16-41)57(73)67-29-13-23-49(67)55(71)61-47-21-11-19-39-25-27-43(35-45(39)47)65-31-33-66(34-32-65)44-28-26-40-20-12-22-48(46(40)36-44)62-56(72)50-24-14-30-68(50)58(74)52(42-17-9-6-10-18-42)64-54(70)38(2)60-4/h25-28,35-38,41-42,47-52,59-60H,5-24,29-34H2,1-4H3,(H,61,71)(H,62,72)(H,63,69)(H,64,70)/t37?,38?,47-,48-,49+,50+,51?,52?/m1/s1. The van der Waals surface area contributed by atoms with Crippen LogP contribution in [-0.2, 0) is 41.6 Å². The summed E-state index contributed by atoms with van der Waals surface area (Å²) in [6.07, 6.45) is 18.4. The fraction of sp³-hybridized carbons (Fsp3) is 0.690. The lowest BCUT2D eigenvalue weighted by Gasteiger charge is -2.39. The highest BCUT2D eigenvalue weighted by Gasteiger charge is 2.44. The Morgan fingerprint density at radius 3 is 1.24 bits per heavy atom. The van der Waals surface area contributed by atoms with E-state index in [0.717, 1.165) is 164 Å². The van der Waals surface area contributed by atoms with E-state index in [1.54, 1.807) is 37.7 Å². The zero-order valence-electron chi connectivity index (χ0n) is 44.9. The van der Waals surface area contributed by atoms with Gasteiger partial charge in [-0.25, -0.2) is 0 Å². The van der Waals surface area contributed by atoms with Gasteiger partial charge in [-0.1, -0.05) is 50.7 Å². The number of piperazine rings is 1. The Kier molecular flexibility index (Phi) is 17.8. The van der Waals surface area contributed by atoms with E-state index >= 15 is 0 Å². The van der Waals surface area contributed by atoms with Gasteiger partial charge in [-0.3, -0.25) is 28.8 Å². The van der Waals surface area contributed by atoms with Crippen molar-refractivity contribution in [2.24, 2.45) is 11.8 Å². The van der Waals surface area contributed by atoms with Crippen LogP contribution in [0.4, 0.5) is 11.4 Å². The number of anilines is 2. The molecule has 4 unspecified atom stereocenters. The summed E-state index contributed by atoms with van der Waals surface area (Å²) in [7, 11) is 3.49. The lowest BCUT2D eigenvalue weighted by atomic mass is 9.83. The predicted octanol–water partition coefficient (Wildman–Crippen LogP) is 5.33. The number of nitrogens with one attached hydrogen (secondary N) is 6. The molecule has 2 aromatic carbocycles. The number of likely N-dealkylation sites (N-methyl/N-ethyl adjacent to an activating group) is 2. The molecule has 2 aromatic rings. The molecule has 2 saturated carbocycles. The van der Waals surface area contributed by atoms with Crippen LogP contribution in [0.3, 0.4) is 0 Å². The van der Waals surface area contributed by atoms with Crippen LogP contribution in [0.2, 0.25) is 0 Å². The highest BCUT2D eigenvalue weighted by Crippen LogP contribution is 2.38. The predicted molar refractivity (Wildman–Crippen MR) is 288 cm³/mol. The molecule has 3 saturated heterocycles. The number of aryl methyl sites for hydroxylation is 2. The first-order valence-electron chi connectivity index (χ1n) is 28.8. The number of carbonyl (C=O) groups is 6. The summed E-state index contributed by atoms with van der Waals surface area (Å²) in [5, 5.41) is 19.0. The topological polar surface area (TPSA) is 188 Å². The molecule has 7 aliphatic rings. The van der Waals surface area contributed by atoms with Gasteiger partial charge in [0, 0.05) is 50.6 Å². The number of rotatable bonds is 16. The summed E-state index contributed by atoms with van der Waals surface area (Å²) in [5.41, 5.74) is 7.15. The van der Waals surface area contributed by atoms with Crippen molar-refractivity contribution in [1.29, 1.82) is 0 Å². The van der Waals surface area contributed by atoms with Gasteiger partial charge in [-0.05, 0) is 176 Å². The number of hydrogen-bond acceptors (Lipinski definition) is 10. The molecule has 6 N–H and O–H groups in total. The Morgan fingerprint density at radius 2 is 0.865 bits per heavy atom. The van der Waals surface area contributed by atoms with Crippen LogP contribution in [0.5, 0.6) is 0 Å². The molecule has 9 rings (SSSR count). The Bertz CT molecular complexity index is 2170. The van der Waals surface area contributed by atoms with Crippen LogP contribution in [0.15, 0.2) is 36.4 Å². The molecule has 6 amide bonds. The quantitative estimate of drug-likeness (QED) is 0.128. The first-order valence-corrected chi connectivity index (χ1v) is 28.8. The van der Waals surface area contributed by atoms with Gasteiger partial charge in [-0.2, -0.15) is 0 Å². The average molecular weight is 1020 g/mol. The number of amides is 6. The normalized spacial score (nSPS) is 25.2. The number of nitrogens with zero attached hydrogens (tertiary/aromatic N) is 4. The van der Waals surface area contributed by atoms with E-state index in [0.29, 0.717) is 25.9 Å². The second kappa shape index (κ2) is 24.6. The maximum atomic E-state index is 14.4. The molecule has 0 aromatic heterocycles. The summed E-state index contributed by atoms with van der Waals surface area (Å²) in [6, 6.07) is 9.99. The molecular weight excluding hydrogens is 933 g/mol. The van der Waals surface area contributed by atoms with E-state index in [1.807, 2.05) is 0 Å². The third-order valence-corrected chi connectivity index (χ3v) is 18.2. The lowest BCUT2D eigenvalue weighted by molar-refractivity contribution is -0.143. The summed E-state index contributed by atoms with van der Waals surface area (Å²) in [4.78, 5) is 92.0. The summed E-state index contributed by atoms with van der Waals surface area (Å²) < 4.78 is 0. The first kappa shape index (κ1) is 53.6. The molecule has 0 spiro atoms. The molecule has 16 nitrogen and oxygen atoms in total. The van der Waals surface area contributed by atoms with Crippen molar-refractivity contribution in [3.63, 3.8) is 0 Å². The van der Waals surface area contributed by atoms with E-state index in [9.17, 15) is 28.8 Å². The van der Waals surface area contributed by atoms with Crippen molar-refractivity contribution in [3.8, 4) is 0 Å². The van der Waals surface area contributed by atoms with Crippen molar-refractivity contribution in [3.05, 3.63) is 58.7 Å². The third-order valence-electron chi connectivity index (χ3n) is 18.2. The molecular formula is C58H86N10O6. The van der Waals surface area contributed by atoms with Gasteiger partial charge in [0.2, 0.25) is 35.4 Å². The van der Waals surface area contributed by atoms with E-state index < -0.39 is 36.3 Å². The number of fused-ring (bicyclic) bond motifs is 2. The zero-order chi connectivity index (χ0) is 51.9. The van der Waals surface area contributed by atoms with Crippen molar-refractivity contribution < 1.29 is 28.8 Å². The average Bonchev–Trinajstić information content (AvgIpc) is 4.15. The van der Waals surface area contributed by atoms with Crippen LogP contribution in [0.25, 0.3) is 0 Å². The molecule has 5 fully saturated rings. The van der Waals surface area contributed by atoms with Crippen LogP contribution in [-0.4, -0.2) is 135 Å². The molecule has 8 atom stereocenters. The van der Waals surface area contributed by atoms with E-state index in [4.69, 9.17) is 0 Å². The summed E-state index contributed by atoms with van der Waals surface area (Å²) in [5.74, 6) is -0.690. The Hall–Kier alpha value is -5.22. The van der Waals surface area contributed by atoms with Crippen molar-refractivity contribution in [1.82, 2.24) is 41.7 Å². The fourth-order valence-corrected chi connectivity index (χ4v) is 13.5. The smallest absolute Gasteiger partial charge is 0.246 e. The maximum absolute atomic E-state index is 14.4. The van der Waals surface area contributed by atoms with Gasteiger partial charge in [-0.15, -0.1) is 0 Å². The highest BCUT2D eigenvalue weighted by molar-refractivity contribution is 5.95. The molecule has 0 radical (unpaired) electrons. The first-order chi connectivity index (χ1) is 35.9. The van der Waals surface area contributed by atoms with Crippen LogP contribution >= 0.6 is 0 Å². The van der Waals surface area contributed by atoms with Gasteiger partial charge < -0.3 is 51.5 Å². The number of carbonyl (C=O) groups excluding carboxylic acids is 6. The minimum atomic E-state index is -0.629.